The number of carboxylic acids is 1. The molecule has 0 spiro atoms. The molecule has 31 heavy (non-hydrogen) atoms. The van der Waals surface area contributed by atoms with Crippen LogP contribution in [0.4, 0.5) is 5.69 Å². The summed E-state index contributed by atoms with van der Waals surface area (Å²) >= 11 is 18.5. The van der Waals surface area contributed by atoms with Crippen LogP contribution in [0.2, 0.25) is 15.1 Å². The second kappa shape index (κ2) is 10.1. The van der Waals surface area contributed by atoms with Crippen LogP contribution in [0.3, 0.4) is 0 Å². The standard InChI is InChI=1S/C23H20Cl3NO4/c1-13-7-15(23(28)29)4-6-20(13)27-11-16-9-21(30-2)22(10-18(16)25)31-12-14-3-5-17(24)19(26)8-14/h3-10,27H,11-12H2,1-2H3,(H,28,29). The second-order valence-corrected chi connectivity index (χ2v) is 8.04. The van der Waals surface area contributed by atoms with Crippen LogP contribution in [-0.2, 0) is 13.2 Å². The Balaban J connectivity index is 1.73. The smallest absolute Gasteiger partial charge is 0.335 e. The van der Waals surface area contributed by atoms with E-state index in [2.05, 4.69) is 5.32 Å². The summed E-state index contributed by atoms with van der Waals surface area (Å²) in [6.07, 6.45) is 0. The highest BCUT2D eigenvalue weighted by molar-refractivity contribution is 6.42. The molecule has 0 amide bonds. The van der Waals surface area contributed by atoms with Crippen molar-refractivity contribution in [3.63, 3.8) is 0 Å². The van der Waals surface area contributed by atoms with Gasteiger partial charge >= 0.3 is 5.97 Å². The van der Waals surface area contributed by atoms with Crippen molar-refractivity contribution in [1.82, 2.24) is 0 Å². The minimum Gasteiger partial charge on any atom is -0.493 e. The molecular weight excluding hydrogens is 461 g/mol. The van der Waals surface area contributed by atoms with Crippen LogP contribution in [0, 0.1) is 6.92 Å². The van der Waals surface area contributed by atoms with E-state index in [0.717, 1.165) is 22.4 Å². The highest BCUT2D eigenvalue weighted by Gasteiger charge is 2.12. The van der Waals surface area contributed by atoms with Crippen molar-refractivity contribution in [3.05, 3.63) is 85.9 Å². The maximum absolute atomic E-state index is 11.1. The number of aryl methyl sites for hydroxylation is 1. The third-order valence-corrected chi connectivity index (χ3v) is 5.74. The van der Waals surface area contributed by atoms with E-state index in [1.807, 2.05) is 13.0 Å². The highest BCUT2D eigenvalue weighted by atomic mass is 35.5. The Morgan fingerprint density at radius 1 is 0.968 bits per heavy atom. The molecule has 162 valence electrons. The Labute approximate surface area is 195 Å². The maximum Gasteiger partial charge on any atom is 0.335 e. The van der Waals surface area contributed by atoms with Gasteiger partial charge in [-0.1, -0.05) is 40.9 Å². The number of halogens is 3. The zero-order chi connectivity index (χ0) is 22.5. The first kappa shape index (κ1) is 23.1. The Hall–Kier alpha value is -2.60. The van der Waals surface area contributed by atoms with E-state index in [9.17, 15) is 4.79 Å². The van der Waals surface area contributed by atoms with Crippen LogP contribution in [-0.4, -0.2) is 18.2 Å². The van der Waals surface area contributed by atoms with Crippen molar-refractivity contribution >= 4 is 46.5 Å². The summed E-state index contributed by atoms with van der Waals surface area (Å²) in [6.45, 7) is 2.54. The predicted octanol–water partition coefficient (Wildman–Crippen LogP) is 6.85. The fourth-order valence-electron chi connectivity index (χ4n) is 2.96. The zero-order valence-electron chi connectivity index (χ0n) is 16.8. The van der Waals surface area contributed by atoms with Crippen LogP contribution in [0.15, 0.2) is 48.5 Å². The molecule has 3 rings (SSSR count). The van der Waals surface area contributed by atoms with Crippen LogP contribution in [0.25, 0.3) is 0 Å². The van der Waals surface area contributed by atoms with Gasteiger partial charge in [0.2, 0.25) is 0 Å². The van der Waals surface area contributed by atoms with Gasteiger partial charge in [0.15, 0.2) is 11.5 Å². The van der Waals surface area contributed by atoms with Crippen LogP contribution in [0.5, 0.6) is 11.5 Å². The van der Waals surface area contributed by atoms with Gasteiger partial charge in [-0.2, -0.15) is 0 Å². The SMILES string of the molecule is COc1cc(CNc2ccc(C(=O)O)cc2C)c(Cl)cc1OCc1ccc(Cl)c(Cl)c1. The summed E-state index contributed by atoms with van der Waals surface area (Å²) in [5.41, 5.74) is 3.55. The minimum atomic E-state index is -0.959. The normalized spacial score (nSPS) is 10.6. The van der Waals surface area contributed by atoms with Crippen molar-refractivity contribution < 1.29 is 19.4 Å². The Bertz CT molecular complexity index is 1120. The number of hydrogen-bond donors (Lipinski definition) is 2. The first-order valence-corrected chi connectivity index (χ1v) is 10.4. The number of aromatic carboxylic acids is 1. The molecule has 0 aliphatic heterocycles. The molecule has 0 aliphatic rings. The molecule has 0 saturated heterocycles. The molecule has 0 heterocycles. The molecule has 0 aromatic heterocycles. The average Bonchev–Trinajstić information content (AvgIpc) is 2.74. The van der Waals surface area contributed by atoms with Gasteiger partial charge in [-0.3, -0.25) is 0 Å². The summed E-state index contributed by atoms with van der Waals surface area (Å²) in [6, 6.07) is 13.7. The summed E-state index contributed by atoms with van der Waals surface area (Å²) in [4.78, 5) is 11.1. The molecule has 0 fully saturated rings. The fourth-order valence-corrected chi connectivity index (χ4v) is 3.50. The van der Waals surface area contributed by atoms with Gasteiger partial charge in [0.05, 0.1) is 22.7 Å². The molecule has 0 unspecified atom stereocenters. The van der Waals surface area contributed by atoms with Crippen molar-refractivity contribution in [3.8, 4) is 11.5 Å². The number of nitrogens with one attached hydrogen (secondary N) is 1. The quantitative estimate of drug-likeness (QED) is 0.369. The molecular formula is C23H20Cl3NO4. The molecule has 2 N–H and O–H groups in total. The van der Waals surface area contributed by atoms with E-state index in [0.29, 0.717) is 33.1 Å². The van der Waals surface area contributed by atoms with Crippen LogP contribution < -0.4 is 14.8 Å². The van der Waals surface area contributed by atoms with Gasteiger partial charge in [-0.15, -0.1) is 0 Å². The number of benzene rings is 3. The molecule has 0 bridgehead atoms. The van der Waals surface area contributed by atoms with Gasteiger partial charge in [-0.05, 0) is 60.0 Å². The lowest BCUT2D eigenvalue weighted by Crippen LogP contribution is -2.05. The van der Waals surface area contributed by atoms with Crippen molar-refractivity contribution in [2.24, 2.45) is 0 Å². The van der Waals surface area contributed by atoms with E-state index in [1.54, 1.807) is 49.6 Å². The van der Waals surface area contributed by atoms with E-state index in [4.69, 9.17) is 49.4 Å². The van der Waals surface area contributed by atoms with Crippen LogP contribution >= 0.6 is 34.8 Å². The van der Waals surface area contributed by atoms with Gasteiger partial charge in [0, 0.05) is 23.3 Å². The number of rotatable bonds is 8. The molecule has 3 aromatic rings. The zero-order valence-corrected chi connectivity index (χ0v) is 19.1. The Kier molecular flexibility index (Phi) is 7.55. The molecule has 0 atom stereocenters. The molecule has 0 radical (unpaired) electrons. The minimum absolute atomic E-state index is 0.242. The van der Waals surface area contributed by atoms with Crippen molar-refractivity contribution in [1.29, 1.82) is 0 Å². The maximum atomic E-state index is 11.1. The second-order valence-electron chi connectivity index (χ2n) is 6.82. The molecule has 3 aromatic carbocycles. The van der Waals surface area contributed by atoms with Gasteiger partial charge in [-0.25, -0.2) is 4.79 Å². The molecule has 0 aliphatic carbocycles. The Morgan fingerprint density at radius 2 is 1.74 bits per heavy atom. The first-order valence-electron chi connectivity index (χ1n) is 9.29. The monoisotopic (exact) mass is 479 g/mol. The number of anilines is 1. The largest absolute Gasteiger partial charge is 0.493 e. The van der Waals surface area contributed by atoms with Gasteiger partial charge in [0.1, 0.15) is 6.61 Å². The number of ether oxygens (including phenoxy) is 2. The summed E-state index contributed by atoms with van der Waals surface area (Å²) in [5, 5.41) is 13.8. The van der Waals surface area contributed by atoms with Crippen LogP contribution in [0.1, 0.15) is 27.0 Å². The van der Waals surface area contributed by atoms with Gasteiger partial charge in [0.25, 0.3) is 0 Å². The summed E-state index contributed by atoms with van der Waals surface area (Å²) < 4.78 is 11.3. The van der Waals surface area contributed by atoms with E-state index in [-0.39, 0.29) is 12.2 Å². The van der Waals surface area contributed by atoms with E-state index in [1.165, 1.54) is 0 Å². The lowest BCUT2D eigenvalue weighted by atomic mass is 10.1. The number of carboxylic acid groups (broad SMARTS) is 1. The fraction of sp³-hybridized carbons (Fsp3) is 0.174. The highest BCUT2D eigenvalue weighted by Crippen LogP contribution is 2.35. The third-order valence-electron chi connectivity index (χ3n) is 4.65. The Morgan fingerprint density at radius 3 is 2.39 bits per heavy atom. The van der Waals surface area contributed by atoms with Gasteiger partial charge < -0.3 is 19.9 Å². The first-order chi connectivity index (χ1) is 14.8. The topological polar surface area (TPSA) is 67.8 Å². The number of methoxy groups -OCH3 is 1. The lowest BCUT2D eigenvalue weighted by molar-refractivity contribution is 0.0697. The predicted molar refractivity (Wildman–Crippen MR) is 124 cm³/mol. The average molecular weight is 481 g/mol. The lowest BCUT2D eigenvalue weighted by Gasteiger charge is -2.16. The molecule has 5 nitrogen and oxygen atoms in total. The molecule has 8 heteroatoms. The summed E-state index contributed by atoms with van der Waals surface area (Å²) in [5.74, 6) is 0.0856. The van der Waals surface area contributed by atoms with Crippen molar-refractivity contribution in [2.45, 2.75) is 20.1 Å². The van der Waals surface area contributed by atoms with Crippen molar-refractivity contribution in [2.75, 3.05) is 12.4 Å². The van der Waals surface area contributed by atoms with E-state index >= 15 is 0 Å². The molecule has 0 saturated carbocycles. The number of carbonyl (C=O) groups is 1. The number of hydrogen-bond acceptors (Lipinski definition) is 4. The van der Waals surface area contributed by atoms with E-state index < -0.39 is 5.97 Å². The summed E-state index contributed by atoms with van der Waals surface area (Å²) in [7, 11) is 1.56. The third kappa shape index (κ3) is 5.76.